The summed E-state index contributed by atoms with van der Waals surface area (Å²) >= 11 is 2.05. The van der Waals surface area contributed by atoms with Crippen LogP contribution >= 0.6 is 22.6 Å². The van der Waals surface area contributed by atoms with Crippen LogP contribution in [0.2, 0.25) is 0 Å². The highest BCUT2D eigenvalue weighted by Crippen LogP contribution is 2.24. The number of nitrogens with zero attached hydrogens (tertiary/aromatic N) is 1. The van der Waals surface area contributed by atoms with Gasteiger partial charge >= 0.3 is 0 Å². The molecule has 0 saturated carbocycles. The number of halogens is 2. The fraction of sp³-hybridized carbons (Fsp3) is 0. The lowest BCUT2D eigenvalue weighted by atomic mass is 10.3. The van der Waals surface area contributed by atoms with E-state index in [1.807, 2.05) is 22.6 Å². The van der Waals surface area contributed by atoms with E-state index in [2.05, 4.69) is 4.98 Å². The van der Waals surface area contributed by atoms with E-state index in [1.165, 1.54) is 6.07 Å². The van der Waals surface area contributed by atoms with Crippen LogP contribution in [-0.2, 0) is 0 Å². The Bertz CT molecular complexity index is 461. The summed E-state index contributed by atoms with van der Waals surface area (Å²) in [7, 11) is 0. The summed E-state index contributed by atoms with van der Waals surface area (Å²) in [6.07, 6.45) is 3.19. The highest BCUT2D eigenvalue weighted by atomic mass is 127. The van der Waals surface area contributed by atoms with Gasteiger partial charge in [0.1, 0.15) is 5.75 Å². The highest BCUT2D eigenvalue weighted by Gasteiger charge is 2.04. The zero-order chi connectivity index (χ0) is 10.7. The quantitative estimate of drug-likeness (QED) is 0.790. The Balaban J connectivity index is 2.25. The van der Waals surface area contributed by atoms with Gasteiger partial charge in [0.25, 0.3) is 0 Å². The normalized spacial score (nSPS) is 10.0. The van der Waals surface area contributed by atoms with E-state index in [4.69, 9.17) is 4.74 Å². The zero-order valence-corrected chi connectivity index (χ0v) is 9.81. The molecule has 1 heterocycles. The van der Waals surface area contributed by atoms with Gasteiger partial charge in [-0.3, -0.25) is 4.98 Å². The minimum atomic E-state index is -0.362. The van der Waals surface area contributed by atoms with Crippen LogP contribution < -0.4 is 4.74 Å². The third-order valence-corrected chi connectivity index (χ3v) is 2.44. The van der Waals surface area contributed by atoms with E-state index in [0.29, 0.717) is 5.75 Å². The van der Waals surface area contributed by atoms with Crippen LogP contribution in [0.25, 0.3) is 0 Å². The monoisotopic (exact) mass is 315 g/mol. The number of ether oxygens (including phenoxy) is 1. The Morgan fingerprint density at radius 3 is 2.53 bits per heavy atom. The van der Waals surface area contributed by atoms with Crippen molar-refractivity contribution in [2.24, 2.45) is 0 Å². The van der Waals surface area contributed by atoms with Gasteiger partial charge in [0.2, 0.25) is 0 Å². The van der Waals surface area contributed by atoms with Gasteiger partial charge in [-0.05, 0) is 52.9 Å². The molecule has 2 rings (SSSR count). The van der Waals surface area contributed by atoms with E-state index in [1.54, 1.807) is 36.7 Å². The first-order valence-electron chi connectivity index (χ1n) is 4.28. The third-order valence-electron chi connectivity index (χ3n) is 1.77. The summed E-state index contributed by atoms with van der Waals surface area (Å²) < 4.78 is 19.6. The molecule has 0 radical (unpaired) electrons. The van der Waals surface area contributed by atoms with Crippen molar-refractivity contribution in [1.82, 2.24) is 4.98 Å². The standard InChI is InChI=1S/C11H7FINO/c12-10-7-8(13)1-2-11(10)15-9-3-5-14-6-4-9/h1-7H. The summed E-state index contributed by atoms with van der Waals surface area (Å²) in [5.74, 6) is 0.436. The van der Waals surface area contributed by atoms with Gasteiger partial charge in [-0.25, -0.2) is 4.39 Å². The molecule has 0 aliphatic carbocycles. The minimum absolute atomic E-state index is 0.224. The van der Waals surface area contributed by atoms with Gasteiger partial charge in [-0.2, -0.15) is 0 Å². The van der Waals surface area contributed by atoms with E-state index in [0.717, 1.165) is 3.57 Å². The highest BCUT2D eigenvalue weighted by molar-refractivity contribution is 14.1. The molecule has 2 aromatic rings. The van der Waals surface area contributed by atoms with Crippen LogP contribution in [-0.4, -0.2) is 4.98 Å². The molecule has 0 amide bonds. The summed E-state index contributed by atoms with van der Waals surface area (Å²) in [4.78, 5) is 3.85. The van der Waals surface area contributed by atoms with E-state index >= 15 is 0 Å². The molecule has 15 heavy (non-hydrogen) atoms. The summed E-state index contributed by atoms with van der Waals surface area (Å²) in [6, 6.07) is 8.18. The van der Waals surface area contributed by atoms with Gasteiger partial charge in [0.05, 0.1) is 0 Å². The molecule has 0 fully saturated rings. The van der Waals surface area contributed by atoms with Gasteiger partial charge < -0.3 is 4.74 Å². The van der Waals surface area contributed by atoms with Gasteiger partial charge in [-0.15, -0.1) is 0 Å². The van der Waals surface area contributed by atoms with Crippen molar-refractivity contribution in [3.05, 3.63) is 52.1 Å². The zero-order valence-electron chi connectivity index (χ0n) is 7.65. The molecule has 0 aliphatic rings. The van der Waals surface area contributed by atoms with Crippen molar-refractivity contribution < 1.29 is 9.13 Å². The van der Waals surface area contributed by atoms with Crippen molar-refractivity contribution >= 4 is 22.6 Å². The van der Waals surface area contributed by atoms with Crippen LogP contribution in [0.15, 0.2) is 42.7 Å². The molecule has 2 nitrogen and oxygen atoms in total. The Hall–Kier alpha value is -1.17. The predicted molar refractivity (Wildman–Crippen MR) is 63.4 cm³/mol. The number of aromatic nitrogens is 1. The van der Waals surface area contributed by atoms with Gasteiger partial charge in [0, 0.05) is 16.0 Å². The Labute approximate surface area is 100 Å². The molecule has 0 atom stereocenters. The molecule has 0 spiro atoms. The van der Waals surface area contributed by atoms with Gasteiger partial charge in [-0.1, -0.05) is 0 Å². The summed E-state index contributed by atoms with van der Waals surface area (Å²) in [6.45, 7) is 0. The summed E-state index contributed by atoms with van der Waals surface area (Å²) in [5, 5.41) is 0. The molecule has 0 N–H and O–H groups in total. The number of benzene rings is 1. The van der Waals surface area contributed by atoms with Crippen molar-refractivity contribution in [1.29, 1.82) is 0 Å². The predicted octanol–water partition coefficient (Wildman–Crippen LogP) is 3.62. The van der Waals surface area contributed by atoms with E-state index in [-0.39, 0.29) is 11.6 Å². The lowest BCUT2D eigenvalue weighted by Crippen LogP contribution is -1.88. The van der Waals surface area contributed by atoms with Crippen molar-refractivity contribution in [3.63, 3.8) is 0 Å². The van der Waals surface area contributed by atoms with Crippen molar-refractivity contribution in [3.8, 4) is 11.5 Å². The molecule has 1 aromatic carbocycles. The Kier molecular flexibility index (Phi) is 3.15. The maximum atomic E-state index is 13.4. The molecule has 0 aliphatic heterocycles. The van der Waals surface area contributed by atoms with Crippen LogP contribution in [0.5, 0.6) is 11.5 Å². The second-order valence-corrected chi connectivity index (χ2v) is 4.11. The fourth-order valence-electron chi connectivity index (χ4n) is 1.09. The molecular weight excluding hydrogens is 308 g/mol. The van der Waals surface area contributed by atoms with Gasteiger partial charge in [0.15, 0.2) is 11.6 Å². The average Bonchev–Trinajstić information content (AvgIpc) is 2.24. The Morgan fingerprint density at radius 1 is 1.13 bits per heavy atom. The van der Waals surface area contributed by atoms with Crippen molar-refractivity contribution in [2.75, 3.05) is 0 Å². The molecule has 1 aromatic heterocycles. The topological polar surface area (TPSA) is 22.1 Å². The second-order valence-electron chi connectivity index (χ2n) is 2.86. The van der Waals surface area contributed by atoms with Crippen molar-refractivity contribution in [2.45, 2.75) is 0 Å². The smallest absolute Gasteiger partial charge is 0.166 e. The fourth-order valence-corrected chi connectivity index (χ4v) is 1.54. The number of pyridine rings is 1. The molecule has 76 valence electrons. The lowest BCUT2D eigenvalue weighted by molar-refractivity contribution is 0.441. The maximum absolute atomic E-state index is 13.4. The second kappa shape index (κ2) is 4.57. The first kappa shape index (κ1) is 10.4. The minimum Gasteiger partial charge on any atom is -0.454 e. The largest absolute Gasteiger partial charge is 0.454 e. The average molecular weight is 315 g/mol. The third kappa shape index (κ3) is 2.65. The number of rotatable bonds is 2. The molecule has 0 saturated heterocycles. The first-order chi connectivity index (χ1) is 7.25. The van der Waals surface area contributed by atoms with E-state index < -0.39 is 0 Å². The first-order valence-corrected chi connectivity index (χ1v) is 5.36. The van der Waals surface area contributed by atoms with Crippen LogP contribution in [0.3, 0.4) is 0 Å². The summed E-state index contributed by atoms with van der Waals surface area (Å²) in [5.41, 5.74) is 0. The number of hydrogen-bond donors (Lipinski definition) is 0. The molecule has 4 heteroatoms. The van der Waals surface area contributed by atoms with Crippen LogP contribution in [0.1, 0.15) is 0 Å². The number of hydrogen-bond acceptors (Lipinski definition) is 2. The SMILES string of the molecule is Fc1cc(I)ccc1Oc1ccncc1. The maximum Gasteiger partial charge on any atom is 0.166 e. The van der Waals surface area contributed by atoms with E-state index in [9.17, 15) is 4.39 Å². The van der Waals surface area contributed by atoms with Crippen LogP contribution in [0.4, 0.5) is 4.39 Å². The molecular formula is C11H7FINO. The molecule has 0 unspecified atom stereocenters. The molecule has 0 bridgehead atoms. The lowest BCUT2D eigenvalue weighted by Gasteiger charge is -2.05. The van der Waals surface area contributed by atoms with Crippen LogP contribution in [0, 0.1) is 9.39 Å². The Morgan fingerprint density at radius 2 is 1.87 bits per heavy atom.